The number of halogens is 1. The molecule has 0 aliphatic rings. The van der Waals surface area contributed by atoms with Gasteiger partial charge in [0.15, 0.2) is 0 Å². The highest BCUT2D eigenvalue weighted by molar-refractivity contribution is 7.94. The highest BCUT2D eigenvalue weighted by Crippen LogP contribution is 2.27. The van der Waals surface area contributed by atoms with E-state index in [2.05, 4.69) is 28.9 Å². The van der Waals surface area contributed by atoms with Gasteiger partial charge in [0.25, 0.3) is 10.0 Å². The van der Waals surface area contributed by atoms with Crippen LogP contribution in [0, 0.1) is 5.92 Å². The molecule has 0 bridgehead atoms. The topological polar surface area (TPSA) is 71.1 Å². The summed E-state index contributed by atoms with van der Waals surface area (Å²) < 4.78 is 27.3. The third-order valence-electron chi connectivity index (χ3n) is 2.52. The molecule has 114 valence electrons. The van der Waals surface area contributed by atoms with Crippen molar-refractivity contribution in [3.8, 4) is 0 Å². The molecule has 0 fully saturated rings. The Labute approximate surface area is 133 Å². The van der Waals surface area contributed by atoms with Gasteiger partial charge in [-0.15, -0.1) is 11.3 Å². The van der Waals surface area contributed by atoms with Crippen LogP contribution in [0.2, 0.25) is 4.34 Å². The number of hydrogen-bond donors (Lipinski definition) is 2. The molecule has 8 heteroatoms. The fraction of sp³-hybridized carbons (Fsp3) is 0.308. The molecule has 2 aromatic rings. The molecule has 21 heavy (non-hydrogen) atoms. The Balaban J connectivity index is 2.06. The number of aromatic nitrogens is 1. The average Bonchev–Trinajstić information content (AvgIpc) is 2.85. The molecular formula is C13H16ClN3O2S2. The Morgan fingerprint density at radius 1 is 1.29 bits per heavy atom. The van der Waals surface area contributed by atoms with Crippen LogP contribution in [-0.4, -0.2) is 19.9 Å². The van der Waals surface area contributed by atoms with Gasteiger partial charge in [-0.2, -0.15) is 0 Å². The lowest BCUT2D eigenvalue weighted by atomic mass is 10.2. The van der Waals surface area contributed by atoms with Gasteiger partial charge in [0.2, 0.25) is 0 Å². The molecule has 0 amide bonds. The SMILES string of the molecule is CC(C)CNc1ccc(NS(=O)(=O)c2ccc(Cl)s2)cn1. The lowest BCUT2D eigenvalue weighted by molar-refractivity contribution is 0.603. The van der Waals surface area contributed by atoms with Gasteiger partial charge in [-0.05, 0) is 30.2 Å². The summed E-state index contributed by atoms with van der Waals surface area (Å²) in [6.07, 6.45) is 1.48. The fourth-order valence-electron chi connectivity index (χ4n) is 1.52. The van der Waals surface area contributed by atoms with Crippen molar-refractivity contribution < 1.29 is 8.42 Å². The molecule has 0 aromatic carbocycles. The average molecular weight is 346 g/mol. The number of sulfonamides is 1. The number of hydrogen-bond acceptors (Lipinski definition) is 5. The van der Waals surface area contributed by atoms with Crippen LogP contribution >= 0.6 is 22.9 Å². The summed E-state index contributed by atoms with van der Waals surface area (Å²) in [7, 11) is -3.61. The van der Waals surface area contributed by atoms with Crippen molar-refractivity contribution in [2.75, 3.05) is 16.6 Å². The minimum absolute atomic E-state index is 0.175. The molecule has 0 spiro atoms. The summed E-state index contributed by atoms with van der Waals surface area (Å²) in [6.45, 7) is 5.01. The van der Waals surface area contributed by atoms with E-state index in [4.69, 9.17) is 11.6 Å². The summed E-state index contributed by atoms with van der Waals surface area (Å²) in [4.78, 5) is 4.17. The van der Waals surface area contributed by atoms with Gasteiger partial charge in [-0.1, -0.05) is 25.4 Å². The second kappa shape index (κ2) is 6.64. The van der Waals surface area contributed by atoms with Gasteiger partial charge < -0.3 is 5.32 Å². The van der Waals surface area contributed by atoms with Crippen molar-refractivity contribution in [3.63, 3.8) is 0 Å². The normalized spacial score (nSPS) is 11.6. The van der Waals surface area contributed by atoms with E-state index < -0.39 is 10.0 Å². The molecule has 0 saturated heterocycles. The maximum absolute atomic E-state index is 12.1. The van der Waals surface area contributed by atoms with Crippen molar-refractivity contribution in [2.24, 2.45) is 5.92 Å². The highest BCUT2D eigenvalue weighted by atomic mass is 35.5. The zero-order chi connectivity index (χ0) is 15.5. The molecule has 0 radical (unpaired) electrons. The molecule has 0 aliphatic carbocycles. The van der Waals surface area contributed by atoms with Crippen molar-refractivity contribution in [1.82, 2.24) is 4.98 Å². The van der Waals surface area contributed by atoms with Crippen molar-refractivity contribution >= 4 is 44.5 Å². The third kappa shape index (κ3) is 4.59. The number of pyridine rings is 1. The van der Waals surface area contributed by atoms with Crippen LogP contribution in [0.4, 0.5) is 11.5 Å². The van der Waals surface area contributed by atoms with E-state index in [-0.39, 0.29) is 4.21 Å². The first kappa shape index (κ1) is 16.1. The second-order valence-corrected chi connectivity index (χ2v) is 8.50. The van der Waals surface area contributed by atoms with Gasteiger partial charge in [0.1, 0.15) is 10.0 Å². The van der Waals surface area contributed by atoms with Crippen LogP contribution < -0.4 is 10.0 Å². The van der Waals surface area contributed by atoms with Gasteiger partial charge in [-0.3, -0.25) is 4.72 Å². The van der Waals surface area contributed by atoms with Crippen LogP contribution in [0.25, 0.3) is 0 Å². The molecule has 2 aromatic heterocycles. The molecule has 2 heterocycles. The number of anilines is 2. The maximum Gasteiger partial charge on any atom is 0.271 e. The zero-order valence-electron chi connectivity index (χ0n) is 11.6. The monoisotopic (exact) mass is 345 g/mol. The maximum atomic E-state index is 12.1. The summed E-state index contributed by atoms with van der Waals surface area (Å²) in [5.41, 5.74) is 0.412. The molecule has 2 N–H and O–H groups in total. The molecule has 5 nitrogen and oxygen atoms in total. The summed E-state index contributed by atoms with van der Waals surface area (Å²) in [5, 5.41) is 3.17. The van der Waals surface area contributed by atoms with E-state index >= 15 is 0 Å². The lowest BCUT2D eigenvalue weighted by Gasteiger charge is -2.09. The minimum atomic E-state index is -3.61. The minimum Gasteiger partial charge on any atom is -0.370 e. The Hall–Kier alpha value is -1.31. The first-order valence-electron chi connectivity index (χ1n) is 6.35. The molecule has 2 rings (SSSR count). The third-order valence-corrected chi connectivity index (χ3v) is 5.62. The van der Waals surface area contributed by atoms with Crippen molar-refractivity contribution in [2.45, 2.75) is 18.1 Å². The van der Waals surface area contributed by atoms with Crippen LogP contribution in [0.3, 0.4) is 0 Å². The van der Waals surface area contributed by atoms with E-state index in [9.17, 15) is 8.42 Å². The predicted molar refractivity (Wildman–Crippen MR) is 87.7 cm³/mol. The van der Waals surface area contributed by atoms with Crippen molar-refractivity contribution in [3.05, 3.63) is 34.8 Å². The number of nitrogens with one attached hydrogen (secondary N) is 2. The van der Waals surface area contributed by atoms with E-state index in [1.165, 1.54) is 12.3 Å². The first-order valence-corrected chi connectivity index (χ1v) is 9.02. The first-order chi connectivity index (χ1) is 9.87. The predicted octanol–water partition coefficient (Wildman–Crippen LogP) is 3.67. The number of nitrogens with zero attached hydrogens (tertiary/aromatic N) is 1. The fourth-order valence-corrected chi connectivity index (χ4v) is 4.04. The number of rotatable bonds is 6. The van der Waals surface area contributed by atoms with Gasteiger partial charge >= 0.3 is 0 Å². The molecule has 0 saturated carbocycles. The standard InChI is InChI=1S/C13H16ClN3O2S2/c1-9(2)7-15-12-5-3-10(8-16-12)17-21(18,19)13-6-4-11(14)20-13/h3-6,8-9,17H,7H2,1-2H3,(H,15,16). The van der Waals surface area contributed by atoms with E-state index in [0.29, 0.717) is 21.8 Å². The highest BCUT2D eigenvalue weighted by Gasteiger charge is 2.16. The Morgan fingerprint density at radius 2 is 2.05 bits per heavy atom. The lowest BCUT2D eigenvalue weighted by Crippen LogP contribution is -2.12. The molecule has 0 atom stereocenters. The summed E-state index contributed by atoms with van der Waals surface area (Å²) >= 11 is 6.77. The van der Waals surface area contributed by atoms with Crippen molar-refractivity contribution in [1.29, 1.82) is 0 Å². The molecule has 0 aliphatic heterocycles. The van der Waals surface area contributed by atoms with Gasteiger partial charge in [-0.25, -0.2) is 13.4 Å². The van der Waals surface area contributed by atoms with Crippen LogP contribution in [0.15, 0.2) is 34.7 Å². The largest absolute Gasteiger partial charge is 0.370 e. The van der Waals surface area contributed by atoms with Crippen LogP contribution in [-0.2, 0) is 10.0 Å². The van der Waals surface area contributed by atoms with Crippen LogP contribution in [0.1, 0.15) is 13.8 Å². The number of thiophene rings is 1. The Kier molecular flexibility index (Phi) is 5.08. The smallest absolute Gasteiger partial charge is 0.271 e. The van der Waals surface area contributed by atoms with E-state index in [1.807, 2.05) is 0 Å². The van der Waals surface area contributed by atoms with E-state index in [1.54, 1.807) is 18.2 Å². The van der Waals surface area contributed by atoms with Crippen LogP contribution in [0.5, 0.6) is 0 Å². The quantitative estimate of drug-likeness (QED) is 0.838. The Morgan fingerprint density at radius 3 is 2.57 bits per heavy atom. The van der Waals surface area contributed by atoms with Gasteiger partial charge in [0.05, 0.1) is 16.2 Å². The van der Waals surface area contributed by atoms with E-state index in [0.717, 1.165) is 17.9 Å². The molecule has 0 unspecified atom stereocenters. The van der Waals surface area contributed by atoms with Gasteiger partial charge in [0, 0.05) is 6.54 Å². The second-order valence-electron chi connectivity index (χ2n) is 4.87. The summed E-state index contributed by atoms with van der Waals surface area (Å²) in [6, 6.07) is 6.43. The zero-order valence-corrected chi connectivity index (χ0v) is 14.0. The summed E-state index contributed by atoms with van der Waals surface area (Å²) in [5.74, 6) is 1.22. The Bertz CT molecular complexity index is 696. The molecular weight excluding hydrogens is 330 g/mol.